The van der Waals surface area contributed by atoms with Crippen molar-refractivity contribution in [3.8, 4) is 11.8 Å². The van der Waals surface area contributed by atoms with Crippen LogP contribution in [-0.4, -0.2) is 5.91 Å². The van der Waals surface area contributed by atoms with Gasteiger partial charge in [-0.05, 0) is 66.1 Å². The van der Waals surface area contributed by atoms with Crippen molar-refractivity contribution in [1.82, 2.24) is 0 Å². The molecule has 0 saturated carbocycles. The van der Waals surface area contributed by atoms with Gasteiger partial charge in [0.25, 0.3) is 5.91 Å². The fourth-order valence-electron chi connectivity index (χ4n) is 2.65. The number of carbonyl (C=O) groups is 1. The lowest BCUT2D eigenvalue weighted by atomic mass is 10.1. The number of aryl methyl sites for hydroxylation is 1. The molecule has 0 aliphatic heterocycles. The average molecular weight is 472 g/mol. The van der Waals surface area contributed by atoms with Gasteiger partial charge in [0.05, 0.1) is 5.02 Å². The molecule has 3 aromatic rings. The van der Waals surface area contributed by atoms with Gasteiger partial charge < -0.3 is 10.1 Å². The molecule has 1 amide bonds. The Bertz CT molecular complexity index is 1180. The predicted octanol–water partition coefficient (Wildman–Crippen LogP) is 7.08. The lowest BCUT2D eigenvalue weighted by molar-refractivity contribution is -0.112. The van der Waals surface area contributed by atoms with Crippen molar-refractivity contribution < 1.29 is 9.53 Å². The van der Waals surface area contributed by atoms with Crippen molar-refractivity contribution >= 4 is 52.5 Å². The normalized spacial score (nSPS) is 11.0. The van der Waals surface area contributed by atoms with E-state index in [-0.39, 0.29) is 5.57 Å². The lowest BCUT2D eigenvalue weighted by Gasteiger charge is -2.09. The molecule has 0 unspecified atom stereocenters. The number of anilines is 1. The Morgan fingerprint density at radius 2 is 1.77 bits per heavy atom. The molecule has 0 heterocycles. The number of nitriles is 1. The number of benzene rings is 3. The lowest BCUT2D eigenvalue weighted by Crippen LogP contribution is -2.13. The molecule has 4 nitrogen and oxygen atoms in total. The minimum absolute atomic E-state index is 0.0670. The smallest absolute Gasteiger partial charge is 0.266 e. The molecule has 3 rings (SSSR count). The second-order valence-electron chi connectivity index (χ2n) is 6.69. The van der Waals surface area contributed by atoms with Crippen molar-refractivity contribution in [2.24, 2.45) is 0 Å². The van der Waals surface area contributed by atoms with Crippen LogP contribution in [0.25, 0.3) is 6.08 Å². The monoisotopic (exact) mass is 470 g/mol. The molecular weight excluding hydrogens is 455 g/mol. The Balaban J connectivity index is 1.70. The Morgan fingerprint density at radius 3 is 2.42 bits per heavy atom. The Labute approximate surface area is 195 Å². The summed E-state index contributed by atoms with van der Waals surface area (Å²) in [5, 5.41) is 13.6. The number of carbonyl (C=O) groups excluding carboxylic acids is 1. The molecule has 0 saturated heterocycles. The van der Waals surface area contributed by atoms with Crippen molar-refractivity contribution in [1.29, 1.82) is 5.26 Å². The predicted molar refractivity (Wildman–Crippen MR) is 126 cm³/mol. The van der Waals surface area contributed by atoms with Crippen LogP contribution in [0.1, 0.15) is 16.7 Å². The largest absolute Gasteiger partial charge is 0.487 e. The first kappa shape index (κ1) is 22.7. The molecule has 0 radical (unpaired) electrons. The maximum absolute atomic E-state index is 12.5. The van der Waals surface area contributed by atoms with E-state index in [1.165, 1.54) is 6.08 Å². The molecule has 0 aromatic heterocycles. The van der Waals surface area contributed by atoms with Crippen LogP contribution in [0, 0.1) is 18.3 Å². The van der Waals surface area contributed by atoms with Gasteiger partial charge in [0.15, 0.2) is 0 Å². The number of ether oxygens (including phenoxy) is 1. The molecule has 0 aliphatic rings. The van der Waals surface area contributed by atoms with Gasteiger partial charge in [-0.2, -0.15) is 5.26 Å². The summed E-state index contributed by atoms with van der Waals surface area (Å²) in [5.74, 6) is -0.0485. The molecule has 0 bridgehead atoms. The van der Waals surface area contributed by atoms with Gasteiger partial charge in [0.2, 0.25) is 0 Å². The second-order valence-corrected chi connectivity index (χ2v) is 7.94. The number of rotatable bonds is 6. The van der Waals surface area contributed by atoms with Crippen LogP contribution >= 0.6 is 34.8 Å². The third-order valence-corrected chi connectivity index (χ3v) is 5.32. The number of amides is 1. The van der Waals surface area contributed by atoms with E-state index in [4.69, 9.17) is 39.5 Å². The Morgan fingerprint density at radius 1 is 1.03 bits per heavy atom. The fourth-order valence-corrected chi connectivity index (χ4v) is 3.20. The van der Waals surface area contributed by atoms with Gasteiger partial charge in [-0.1, -0.05) is 59.1 Å². The van der Waals surface area contributed by atoms with Crippen molar-refractivity contribution in [2.75, 3.05) is 5.32 Å². The zero-order valence-electron chi connectivity index (χ0n) is 16.5. The number of nitrogens with zero attached hydrogens (tertiary/aromatic N) is 1. The highest BCUT2D eigenvalue weighted by Crippen LogP contribution is 2.28. The first-order chi connectivity index (χ1) is 14.9. The van der Waals surface area contributed by atoms with Crippen LogP contribution in [0.5, 0.6) is 5.75 Å². The van der Waals surface area contributed by atoms with Crippen molar-refractivity contribution in [3.05, 3.63) is 98.0 Å². The summed E-state index contributed by atoms with van der Waals surface area (Å²) in [6.45, 7) is 2.19. The maximum Gasteiger partial charge on any atom is 0.266 e. The van der Waals surface area contributed by atoms with Gasteiger partial charge in [-0.15, -0.1) is 0 Å². The zero-order valence-corrected chi connectivity index (χ0v) is 18.7. The fraction of sp³-hybridized carbons (Fsp3) is 0.0833. The van der Waals surface area contributed by atoms with E-state index in [2.05, 4.69) is 5.32 Å². The molecule has 0 fully saturated rings. The van der Waals surface area contributed by atoms with Crippen LogP contribution < -0.4 is 10.1 Å². The first-order valence-corrected chi connectivity index (χ1v) is 10.3. The molecule has 1 N–H and O–H groups in total. The second kappa shape index (κ2) is 10.4. The molecule has 0 atom stereocenters. The summed E-state index contributed by atoms with van der Waals surface area (Å²) >= 11 is 18.3. The summed E-state index contributed by atoms with van der Waals surface area (Å²) < 4.78 is 5.74. The van der Waals surface area contributed by atoms with Gasteiger partial charge in [-0.25, -0.2) is 0 Å². The van der Waals surface area contributed by atoms with E-state index in [1.807, 2.05) is 25.1 Å². The van der Waals surface area contributed by atoms with Crippen LogP contribution in [0.4, 0.5) is 5.69 Å². The molecule has 0 aliphatic carbocycles. The first-order valence-electron chi connectivity index (χ1n) is 9.22. The van der Waals surface area contributed by atoms with Gasteiger partial charge in [0, 0.05) is 15.7 Å². The molecule has 7 heteroatoms. The van der Waals surface area contributed by atoms with Crippen LogP contribution in [0.2, 0.25) is 15.1 Å². The molecule has 156 valence electrons. The van der Waals surface area contributed by atoms with E-state index in [9.17, 15) is 10.1 Å². The van der Waals surface area contributed by atoms with Crippen LogP contribution in [-0.2, 0) is 11.4 Å². The molecule has 0 spiro atoms. The summed E-state index contributed by atoms with van der Waals surface area (Å²) in [5.41, 5.74) is 2.87. The standard InChI is InChI=1S/C24H17Cl3N2O2/c1-15-2-8-20(12-21(15)26)29-24(30)18(13-28)10-17-5-9-23(22(27)11-17)31-14-16-3-6-19(25)7-4-16/h2-12H,14H2,1H3,(H,29,30)/b18-10+. The average Bonchev–Trinajstić information content (AvgIpc) is 2.75. The van der Waals surface area contributed by atoms with E-state index < -0.39 is 5.91 Å². The summed E-state index contributed by atoms with van der Waals surface area (Å²) in [6, 6.07) is 19.4. The number of halogens is 3. The molecular formula is C24H17Cl3N2O2. The zero-order chi connectivity index (χ0) is 22.4. The van der Waals surface area contributed by atoms with Gasteiger partial charge in [0.1, 0.15) is 24.0 Å². The minimum atomic E-state index is -0.540. The van der Waals surface area contributed by atoms with E-state index in [1.54, 1.807) is 48.5 Å². The Hall–Kier alpha value is -2.97. The number of nitrogens with one attached hydrogen (secondary N) is 1. The summed E-state index contributed by atoms with van der Waals surface area (Å²) in [6.07, 6.45) is 1.46. The highest BCUT2D eigenvalue weighted by Gasteiger charge is 2.11. The van der Waals surface area contributed by atoms with Gasteiger partial charge in [-0.3, -0.25) is 4.79 Å². The van der Waals surface area contributed by atoms with E-state index in [0.29, 0.717) is 38.7 Å². The SMILES string of the molecule is Cc1ccc(NC(=O)/C(C#N)=C/c2ccc(OCc3ccc(Cl)cc3)c(Cl)c2)cc1Cl. The highest BCUT2D eigenvalue weighted by molar-refractivity contribution is 6.32. The molecule has 3 aromatic carbocycles. The highest BCUT2D eigenvalue weighted by atomic mass is 35.5. The minimum Gasteiger partial charge on any atom is -0.487 e. The quantitative estimate of drug-likeness (QED) is 0.308. The number of hydrogen-bond donors (Lipinski definition) is 1. The van der Waals surface area contributed by atoms with Crippen molar-refractivity contribution in [3.63, 3.8) is 0 Å². The Kier molecular flexibility index (Phi) is 7.59. The van der Waals surface area contributed by atoms with Crippen molar-refractivity contribution in [2.45, 2.75) is 13.5 Å². The summed E-state index contributed by atoms with van der Waals surface area (Å²) in [7, 11) is 0. The van der Waals surface area contributed by atoms with E-state index in [0.717, 1.165) is 11.1 Å². The van der Waals surface area contributed by atoms with E-state index >= 15 is 0 Å². The maximum atomic E-state index is 12.5. The van der Waals surface area contributed by atoms with Crippen LogP contribution in [0.15, 0.2) is 66.2 Å². The third-order valence-electron chi connectivity index (χ3n) is 4.37. The number of hydrogen-bond acceptors (Lipinski definition) is 3. The van der Waals surface area contributed by atoms with Crippen LogP contribution in [0.3, 0.4) is 0 Å². The topological polar surface area (TPSA) is 62.1 Å². The van der Waals surface area contributed by atoms with Gasteiger partial charge >= 0.3 is 0 Å². The summed E-state index contributed by atoms with van der Waals surface area (Å²) in [4.78, 5) is 12.5. The molecule has 31 heavy (non-hydrogen) atoms. The third kappa shape index (κ3) is 6.26.